The second-order valence-corrected chi connectivity index (χ2v) is 2.63. The first-order valence-corrected chi connectivity index (χ1v) is 3.91. The molecule has 0 unspecified atom stereocenters. The highest BCUT2D eigenvalue weighted by molar-refractivity contribution is 5.80. The van der Waals surface area contributed by atoms with E-state index in [1.165, 1.54) is 6.07 Å². The largest absolute Gasteiger partial charge is 0.329 e. The highest BCUT2D eigenvalue weighted by Gasteiger charge is 2.00. The van der Waals surface area contributed by atoms with Crippen molar-refractivity contribution in [1.82, 2.24) is 4.98 Å². The Morgan fingerprint density at radius 3 is 2.92 bits per heavy atom. The molecule has 3 nitrogen and oxygen atoms in total. The van der Waals surface area contributed by atoms with Gasteiger partial charge < -0.3 is 4.98 Å². The first-order valence-electron chi connectivity index (χ1n) is 3.91. The van der Waals surface area contributed by atoms with Gasteiger partial charge in [0.1, 0.15) is 5.78 Å². The summed E-state index contributed by atoms with van der Waals surface area (Å²) in [5.74, 6) is 0.153. The normalized spacial score (nSPS) is 9.75. The SMILES string of the molecule is CCC(=O)Cc1cc[nH]c(=O)c1. The first kappa shape index (κ1) is 8.71. The van der Waals surface area contributed by atoms with Gasteiger partial charge in [-0.3, -0.25) is 9.59 Å². The van der Waals surface area contributed by atoms with Gasteiger partial charge in [-0.05, 0) is 11.6 Å². The molecule has 0 aliphatic carbocycles. The van der Waals surface area contributed by atoms with Crippen molar-refractivity contribution in [3.8, 4) is 0 Å². The number of hydrogen-bond donors (Lipinski definition) is 1. The molecule has 1 N–H and O–H groups in total. The van der Waals surface area contributed by atoms with E-state index in [9.17, 15) is 9.59 Å². The molecule has 0 bridgehead atoms. The van der Waals surface area contributed by atoms with E-state index in [1.807, 2.05) is 6.92 Å². The highest BCUT2D eigenvalue weighted by atomic mass is 16.1. The smallest absolute Gasteiger partial charge is 0.248 e. The van der Waals surface area contributed by atoms with Crippen LogP contribution in [0.3, 0.4) is 0 Å². The van der Waals surface area contributed by atoms with Gasteiger partial charge in [-0.25, -0.2) is 0 Å². The van der Waals surface area contributed by atoms with Crippen LogP contribution in [0.4, 0.5) is 0 Å². The minimum Gasteiger partial charge on any atom is -0.329 e. The fraction of sp³-hybridized carbons (Fsp3) is 0.333. The van der Waals surface area contributed by atoms with Crippen LogP contribution >= 0.6 is 0 Å². The highest BCUT2D eigenvalue weighted by Crippen LogP contribution is 1.97. The molecule has 0 saturated carbocycles. The summed E-state index contributed by atoms with van der Waals surface area (Å²) < 4.78 is 0. The van der Waals surface area contributed by atoms with Gasteiger partial charge in [-0.15, -0.1) is 0 Å². The zero-order valence-corrected chi connectivity index (χ0v) is 6.96. The maximum atomic E-state index is 11.0. The number of aromatic amines is 1. The number of carbonyl (C=O) groups excluding carboxylic acids is 1. The average Bonchev–Trinajstić information content (AvgIpc) is 2.04. The lowest BCUT2D eigenvalue weighted by Crippen LogP contribution is -2.07. The number of aromatic nitrogens is 1. The summed E-state index contributed by atoms with van der Waals surface area (Å²) in [6.07, 6.45) is 2.44. The van der Waals surface area contributed by atoms with Gasteiger partial charge >= 0.3 is 0 Å². The van der Waals surface area contributed by atoms with Crippen LogP contribution in [0.2, 0.25) is 0 Å². The van der Waals surface area contributed by atoms with Crippen LogP contribution in [0.5, 0.6) is 0 Å². The molecule has 0 spiro atoms. The zero-order chi connectivity index (χ0) is 8.97. The number of nitrogens with one attached hydrogen (secondary N) is 1. The number of rotatable bonds is 3. The molecule has 0 fully saturated rings. The van der Waals surface area contributed by atoms with E-state index >= 15 is 0 Å². The van der Waals surface area contributed by atoms with Gasteiger partial charge in [0.05, 0.1) is 0 Å². The van der Waals surface area contributed by atoms with Crippen molar-refractivity contribution < 1.29 is 4.79 Å². The maximum Gasteiger partial charge on any atom is 0.248 e. The van der Waals surface area contributed by atoms with E-state index < -0.39 is 0 Å². The maximum absolute atomic E-state index is 11.0. The lowest BCUT2D eigenvalue weighted by atomic mass is 10.1. The Bertz CT molecular complexity index is 327. The Morgan fingerprint density at radius 2 is 2.33 bits per heavy atom. The standard InChI is InChI=1S/C9H11NO2/c1-2-8(11)5-7-3-4-10-9(12)6-7/h3-4,6H,2,5H2,1H3,(H,10,12). The second kappa shape index (κ2) is 3.85. The summed E-state index contributed by atoms with van der Waals surface area (Å²) in [6, 6.07) is 3.20. The molecule has 0 aliphatic rings. The third-order valence-corrected chi connectivity index (χ3v) is 1.64. The molecule has 0 aliphatic heterocycles. The molecule has 3 heteroatoms. The fourth-order valence-corrected chi connectivity index (χ4v) is 0.952. The van der Waals surface area contributed by atoms with Crippen LogP contribution in [0, 0.1) is 0 Å². The van der Waals surface area contributed by atoms with E-state index in [-0.39, 0.29) is 11.3 Å². The third kappa shape index (κ3) is 2.34. The lowest BCUT2D eigenvalue weighted by Gasteiger charge is -1.96. The van der Waals surface area contributed by atoms with E-state index in [4.69, 9.17) is 0 Å². The van der Waals surface area contributed by atoms with Crippen LogP contribution < -0.4 is 5.56 Å². The molecule has 0 saturated heterocycles. The van der Waals surface area contributed by atoms with Crippen molar-refractivity contribution in [2.24, 2.45) is 0 Å². The zero-order valence-electron chi connectivity index (χ0n) is 6.96. The van der Waals surface area contributed by atoms with Crippen LogP contribution in [0.15, 0.2) is 23.1 Å². The molecular formula is C9H11NO2. The van der Waals surface area contributed by atoms with Gasteiger partial charge in [0, 0.05) is 25.1 Å². The topological polar surface area (TPSA) is 49.9 Å². The Morgan fingerprint density at radius 1 is 1.58 bits per heavy atom. The average molecular weight is 165 g/mol. The predicted octanol–water partition coefficient (Wildman–Crippen LogP) is 0.896. The van der Waals surface area contributed by atoms with Gasteiger partial charge in [-0.1, -0.05) is 6.92 Å². The predicted molar refractivity (Wildman–Crippen MR) is 46.1 cm³/mol. The van der Waals surface area contributed by atoms with Crippen molar-refractivity contribution in [1.29, 1.82) is 0 Å². The van der Waals surface area contributed by atoms with E-state index in [0.717, 1.165) is 5.56 Å². The van der Waals surface area contributed by atoms with Crippen LogP contribution in [-0.2, 0) is 11.2 Å². The monoisotopic (exact) mass is 165 g/mol. The summed E-state index contributed by atoms with van der Waals surface area (Å²) in [5.41, 5.74) is 0.627. The summed E-state index contributed by atoms with van der Waals surface area (Å²) >= 11 is 0. The van der Waals surface area contributed by atoms with Crippen LogP contribution in [0.1, 0.15) is 18.9 Å². The first-order chi connectivity index (χ1) is 5.72. The minimum atomic E-state index is -0.156. The lowest BCUT2D eigenvalue weighted by molar-refractivity contribution is -0.118. The van der Waals surface area contributed by atoms with Gasteiger partial charge in [0.15, 0.2) is 0 Å². The quantitative estimate of drug-likeness (QED) is 0.723. The molecule has 12 heavy (non-hydrogen) atoms. The van der Waals surface area contributed by atoms with Gasteiger partial charge in [-0.2, -0.15) is 0 Å². The van der Waals surface area contributed by atoms with Crippen molar-refractivity contribution >= 4 is 5.78 Å². The Hall–Kier alpha value is -1.38. The molecular weight excluding hydrogens is 154 g/mol. The number of Topliss-reactive ketones (excluding diaryl/α,β-unsaturated/α-hetero) is 1. The summed E-state index contributed by atoms with van der Waals surface area (Å²) in [4.78, 5) is 24.3. The number of carbonyl (C=O) groups is 1. The van der Waals surface area contributed by atoms with Crippen molar-refractivity contribution in [2.45, 2.75) is 19.8 Å². The molecule has 1 aromatic rings. The van der Waals surface area contributed by atoms with Crippen molar-refractivity contribution in [3.05, 3.63) is 34.2 Å². The second-order valence-electron chi connectivity index (χ2n) is 2.63. The van der Waals surface area contributed by atoms with Gasteiger partial charge in [0.25, 0.3) is 0 Å². The third-order valence-electron chi connectivity index (χ3n) is 1.64. The van der Waals surface area contributed by atoms with E-state index in [0.29, 0.717) is 12.8 Å². The van der Waals surface area contributed by atoms with Crippen molar-refractivity contribution in [2.75, 3.05) is 0 Å². The minimum absolute atomic E-state index is 0.153. The fourth-order valence-electron chi connectivity index (χ4n) is 0.952. The molecule has 64 valence electrons. The summed E-state index contributed by atoms with van der Waals surface area (Å²) in [5, 5.41) is 0. The Balaban J connectivity index is 2.76. The molecule has 0 amide bonds. The number of pyridine rings is 1. The Kier molecular flexibility index (Phi) is 2.80. The summed E-state index contributed by atoms with van der Waals surface area (Å²) in [7, 11) is 0. The number of H-pyrrole nitrogens is 1. The molecule has 1 aromatic heterocycles. The summed E-state index contributed by atoms with van der Waals surface area (Å²) in [6.45, 7) is 1.81. The number of ketones is 1. The van der Waals surface area contributed by atoms with Gasteiger partial charge in [0.2, 0.25) is 5.56 Å². The van der Waals surface area contributed by atoms with E-state index in [2.05, 4.69) is 4.98 Å². The van der Waals surface area contributed by atoms with Crippen molar-refractivity contribution in [3.63, 3.8) is 0 Å². The van der Waals surface area contributed by atoms with E-state index in [1.54, 1.807) is 12.3 Å². The Labute approximate surface area is 70.4 Å². The molecule has 0 aromatic carbocycles. The molecule has 1 heterocycles. The molecule has 1 rings (SSSR count). The molecule has 0 atom stereocenters. The number of hydrogen-bond acceptors (Lipinski definition) is 2. The van der Waals surface area contributed by atoms with Crippen LogP contribution in [-0.4, -0.2) is 10.8 Å². The van der Waals surface area contributed by atoms with Crippen LogP contribution in [0.25, 0.3) is 0 Å². The molecule has 0 radical (unpaired) electrons.